The van der Waals surface area contributed by atoms with E-state index in [1.807, 2.05) is 5.32 Å². The molecule has 0 saturated heterocycles. The molecular weight excluding hydrogens is 384 g/mol. The third-order valence-corrected chi connectivity index (χ3v) is 4.31. The summed E-state index contributed by atoms with van der Waals surface area (Å²) in [5.74, 6) is -5.48. The summed E-state index contributed by atoms with van der Waals surface area (Å²) in [5.41, 5.74) is 5.29. The van der Waals surface area contributed by atoms with Crippen LogP contribution < -0.4 is 21.7 Å². The van der Waals surface area contributed by atoms with E-state index in [0.29, 0.717) is 0 Å². The van der Waals surface area contributed by atoms with E-state index >= 15 is 0 Å². The Balaban J connectivity index is 2.68. The number of rotatable bonds is 11. The normalized spacial score (nSPS) is 15.4. The summed E-state index contributed by atoms with van der Waals surface area (Å²) in [6.45, 7) is -0.679. The summed E-state index contributed by atoms with van der Waals surface area (Å²) in [6.07, 6.45) is 0.593. The molecule has 7 N–H and O–H groups in total. The molecule has 27 heavy (non-hydrogen) atoms. The first-order valence-electron chi connectivity index (χ1n) is 7.57. The van der Waals surface area contributed by atoms with E-state index in [4.69, 9.17) is 15.9 Å². The van der Waals surface area contributed by atoms with E-state index in [0.717, 1.165) is 17.8 Å². The highest BCUT2D eigenvalue weighted by atomic mass is 32.2. The molecule has 1 aliphatic heterocycles. The maximum atomic E-state index is 12.1. The van der Waals surface area contributed by atoms with Crippen molar-refractivity contribution in [1.82, 2.24) is 16.0 Å². The topological polar surface area (TPSA) is 205 Å². The van der Waals surface area contributed by atoms with Crippen LogP contribution in [0.2, 0.25) is 0 Å². The number of aliphatic carboxylic acids is 2. The van der Waals surface area contributed by atoms with Gasteiger partial charge in [0.05, 0.1) is 4.91 Å². The molecular formula is C14H18N4O8S. The number of nitrogens with two attached hydrogens (primary N) is 1. The highest BCUT2D eigenvalue weighted by Gasteiger charge is 2.26. The summed E-state index contributed by atoms with van der Waals surface area (Å²) in [7, 11) is 0. The second kappa shape index (κ2) is 10.3. The van der Waals surface area contributed by atoms with Crippen LogP contribution in [0, 0.1) is 0 Å². The number of imide groups is 1. The van der Waals surface area contributed by atoms with Gasteiger partial charge in [-0.1, -0.05) is 0 Å². The van der Waals surface area contributed by atoms with Gasteiger partial charge in [-0.15, -0.1) is 11.8 Å². The fourth-order valence-electron chi connectivity index (χ4n) is 1.82. The standard InChI is InChI=1S/C14H18N4O8S/c15-6(14(25)26)1-2-9(19)17-7(12(23)16-4-11(21)22)5-27-8-3-10(20)18-13(8)24/h3,6-7H,1-2,4-5,15H2,(H,16,23)(H,17,19)(H,21,22)(H,25,26)(H,18,20,24)/t6-,7-/m0/s1. The molecule has 0 radical (unpaired) electrons. The van der Waals surface area contributed by atoms with Crippen molar-refractivity contribution in [3.63, 3.8) is 0 Å². The van der Waals surface area contributed by atoms with E-state index < -0.39 is 54.2 Å². The Morgan fingerprint density at radius 3 is 2.41 bits per heavy atom. The number of hydrogen-bond donors (Lipinski definition) is 6. The van der Waals surface area contributed by atoms with Crippen LogP contribution in [0.3, 0.4) is 0 Å². The maximum Gasteiger partial charge on any atom is 0.322 e. The predicted molar refractivity (Wildman–Crippen MR) is 91.1 cm³/mol. The van der Waals surface area contributed by atoms with Crippen molar-refractivity contribution in [2.45, 2.75) is 24.9 Å². The maximum absolute atomic E-state index is 12.1. The van der Waals surface area contributed by atoms with E-state index in [-0.39, 0.29) is 23.5 Å². The first-order chi connectivity index (χ1) is 12.6. The Morgan fingerprint density at radius 2 is 1.89 bits per heavy atom. The predicted octanol–water partition coefficient (Wildman–Crippen LogP) is -2.86. The van der Waals surface area contributed by atoms with Gasteiger partial charge in [0.2, 0.25) is 11.8 Å². The molecule has 0 fully saturated rings. The molecule has 0 saturated carbocycles. The van der Waals surface area contributed by atoms with E-state index in [2.05, 4.69) is 10.6 Å². The number of amides is 4. The lowest BCUT2D eigenvalue weighted by Gasteiger charge is -2.18. The van der Waals surface area contributed by atoms with E-state index in [1.165, 1.54) is 0 Å². The summed E-state index contributed by atoms with van der Waals surface area (Å²) in [5, 5.41) is 23.7. The lowest BCUT2D eigenvalue weighted by Crippen LogP contribution is -2.49. The SMILES string of the molecule is N[C@@H](CCC(=O)N[C@@H](CSC1=CC(=O)NC1=O)C(=O)NCC(=O)O)C(=O)O. The first kappa shape index (κ1) is 22.1. The number of hydrogen-bond acceptors (Lipinski definition) is 8. The molecule has 12 nitrogen and oxygen atoms in total. The first-order valence-corrected chi connectivity index (χ1v) is 8.55. The third-order valence-electron chi connectivity index (χ3n) is 3.19. The van der Waals surface area contributed by atoms with Gasteiger partial charge >= 0.3 is 11.9 Å². The van der Waals surface area contributed by atoms with Crippen LogP contribution in [0.25, 0.3) is 0 Å². The van der Waals surface area contributed by atoms with Crippen LogP contribution in [0.15, 0.2) is 11.0 Å². The van der Waals surface area contributed by atoms with Crippen molar-refractivity contribution in [2.75, 3.05) is 12.3 Å². The second-order valence-electron chi connectivity index (χ2n) is 5.35. The monoisotopic (exact) mass is 402 g/mol. The van der Waals surface area contributed by atoms with Gasteiger partial charge < -0.3 is 26.6 Å². The van der Waals surface area contributed by atoms with Crippen LogP contribution in [0.4, 0.5) is 0 Å². The fourth-order valence-corrected chi connectivity index (χ4v) is 2.77. The zero-order chi connectivity index (χ0) is 20.6. The summed E-state index contributed by atoms with van der Waals surface area (Å²) in [4.78, 5) is 67.8. The smallest absolute Gasteiger partial charge is 0.322 e. The molecule has 0 aromatic heterocycles. The van der Waals surface area contributed by atoms with Crippen molar-refractivity contribution in [3.05, 3.63) is 11.0 Å². The van der Waals surface area contributed by atoms with Crippen LogP contribution in [-0.2, 0) is 28.8 Å². The van der Waals surface area contributed by atoms with Crippen LogP contribution >= 0.6 is 11.8 Å². The molecule has 1 rings (SSSR count). The Labute approximate surface area is 156 Å². The van der Waals surface area contributed by atoms with Gasteiger partial charge in [0.15, 0.2) is 0 Å². The molecule has 0 bridgehead atoms. The average molecular weight is 402 g/mol. The zero-order valence-electron chi connectivity index (χ0n) is 13.9. The quantitative estimate of drug-likeness (QED) is 0.195. The van der Waals surface area contributed by atoms with Gasteiger partial charge in [-0.3, -0.25) is 34.1 Å². The Morgan fingerprint density at radius 1 is 1.22 bits per heavy atom. The van der Waals surface area contributed by atoms with Crippen molar-refractivity contribution in [2.24, 2.45) is 5.73 Å². The largest absolute Gasteiger partial charge is 0.480 e. The Kier molecular flexibility index (Phi) is 8.41. The number of carboxylic acids is 2. The molecule has 4 amide bonds. The Hall–Kier alpha value is -2.93. The molecule has 0 spiro atoms. The molecule has 0 aromatic carbocycles. The number of carboxylic acid groups (broad SMARTS) is 2. The van der Waals surface area contributed by atoms with Crippen LogP contribution in [0.1, 0.15) is 12.8 Å². The minimum Gasteiger partial charge on any atom is -0.480 e. The molecule has 1 aliphatic rings. The molecule has 0 unspecified atom stereocenters. The molecule has 2 atom stereocenters. The molecule has 0 aliphatic carbocycles. The number of carbonyl (C=O) groups is 6. The van der Waals surface area contributed by atoms with Gasteiger partial charge in [-0.25, -0.2) is 0 Å². The minimum absolute atomic E-state index is 0.0400. The molecule has 1 heterocycles. The van der Waals surface area contributed by atoms with Gasteiger partial charge in [-0.2, -0.15) is 0 Å². The highest BCUT2D eigenvalue weighted by molar-refractivity contribution is 8.04. The molecule has 13 heteroatoms. The molecule has 0 aromatic rings. The van der Waals surface area contributed by atoms with Gasteiger partial charge in [0.25, 0.3) is 11.8 Å². The fraction of sp³-hybridized carbons (Fsp3) is 0.429. The Bertz CT molecular complexity index is 693. The van der Waals surface area contributed by atoms with Crippen molar-refractivity contribution in [3.8, 4) is 0 Å². The summed E-state index contributed by atoms with van der Waals surface area (Å²) in [6, 6.07) is -2.46. The van der Waals surface area contributed by atoms with Gasteiger partial charge in [0.1, 0.15) is 18.6 Å². The second-order valence-corrected chi connectivity index (χ2v) is 6.41. The number of thioether (sulfide) groups is 1. The van der Waals surface area contributed by atoms with Crippen LogP contribution in [-0.4, -0.2) is 70.2 Å². The molecule has 148 valence electrons. The summed E-state index contributed by atoms with van der Waals surface area (Å²) < 4.78 is 0. The van der Waals surface area contributed by atoms with Crippen LogP contribution in [0.5, 0.6) is 0 Å². The number of carbonyl (C=O) groups excluding carboxylic acids is 4. The highest BCUT2D eigenvalue weighted by Crippen LogP contribution is 2.20. The lowest BCUT2D eigenvalue weighted by atomic mass is 10.1. The summed E-state index contributed by atoms with van der Waals surface area (Å²) >= 11 is 0.824. The van der Waals surface area contributed by atoms with E-state index in [9.17, 15) is 28.8 Å². The lowest BCUT2D eigenvalue weighted by molar-refractivity contribution is -0.139. The third kappa shape index (κ3) is 7.87. The van der Waals surface area contributed by atoms with Crippen molar-refractivity contribution >= 4 is 47.3 Å². The van der Waals surface area contributed by atoms with Crippen molar-refractivity contribution < 1.29 is 39.0 Å². The number of nitrogens with one attached hydrogen (secondary N) is 3. The van der Waals surface area contributed by atoms with E-state index in [1.54, 1.807) is 0 Å². The van der Waals surface area contributed by atoms with Gasteiger partial charge in [0, 0.05) is 18.2 Å². The minimum atomic E-state index is -1.29. The van der Waals surface area contributed by atoms with Gasteiger partial charge in [-0.05, 0) is 6.42 Å². The van der Waals surface area contributed by atoms with Crippen molar-refractivity contribution in [1.29, 1.82) is 0 Å². The average Bonchev–Trinajstić information content (AvgIpc) is 2.91. The zero-order valence-corrected chi connectivity index (χ0v) is 14.7.